The van der Waals surface area contributed by atoms with E-state index >= 15 is 0 Å². The second kappa shape index (κ2) is 5.03. The first kappa shape index (κ1) is 14.2. The van der Waals surface area contributed by atoms with E-state index in [2.05, 4.69) is 10.6 Å². The molecule has 0 saturated heterocycles. The molecule has 0 aromatic heterocycles. The number of aromatic hydroxyl groups is 1. The molecule has 2 amide bonds. The van der Waals surface area contributed by atoms with Gasteiger partial charge >= 0.3 is 12.0 Å². The van der Waals surface area contributed by atoms with Gasteiger partial charge in [0.15, 0.2) is 0 Å². The molecular weight excluding hydrogens is 260 g/mol. The van der Waals surface area contributed by atoms with E-state index in [4.69, 9.17) is 5.11 Å². The van der Waals surface area contributed by atoms with E-state index in [9.17, 15) is 14.7 Å². The molecule has 2 rings (SSSR count). The number of carboxylic acid groups (broad SMARTS) is 1. The van der Waals surface area contributed by atoms with Crippen LogP contribution in [0.15, 0.2) is 18.2 Å². The number of urea groups is 1. The second-order valence-corrected chi connectivity index (χ2v) is 5.61. The van der Waals surface area contributed by atoms with E-state index in [-0.39, 0.29) is 22.9 Å². The van der Waals surface area contributed by atoms with Crippen molar-refractivity contribution in [3.8, 4) is 5.75 Å². The average molecular weight is 278 g/mol. The zero-order valence-corrected chi connectivity index (χ0v) is 11.4. The molecule has 108 valence electrons. The van der Waals surface area contributed by atoms with Crippen LogP contribution in [0.25, 0.3) is 0 Å². The number of aromatic carboxylic acids is 1. The Morgan fingerprint density at radius 1 is 1.30 bits per heavy atom. The van der Waals surface area contributed by atoms with Crippen LogP contribution >= 0.6 is 0 Å². The van der Waals surface area contributed by atoms with Crippen molar-refractivity contribution in [1.82, 2.24) is 5.32 Å². The van der Waals surface area contributed by atoms with Gasteiger partial charge < -0.3 is 20.8 Å². The highest BCUT2D eigenvalue weighted by molar-refractivity contribution is 5.94. The maximum Gasteiger partial charge on any atom is 0.339 e. The summed E-state index contributed by atoms with van der Waals surface area (Å²) in [6.45, 7) is 3.94. The van der Waals surface area contributed by atoms with Crippen LogP contribution in [0, 0.1) is 5.92 Å². The van der Waals surface area contributed by atoms with Crippen LogP contribution in [-0.4, -0.2) is 27.8 Å². The van der Waals surface area contributed by atoms with Crippen molar-refractivity contribution in [3.05, 3.63) is 23.8 Å². The Hall–Kier alpha value is -2.24. The quantitative estimate of drug-likeness (QED) is 0.679. The van der Waals surface area contributed by atoms with Gasteiger partial charge in [-0.25, -0.2) is 9.59 Å². The molecule has 0 heterocycles. The van der Waals surface area contributed by atoms with Crippen LogP contribution < -0.4 is 10.6 Å². The maximum absolute atomic E-state index is 11.9. The van der Waals surface area contributed by atoms with Gasteiger partial charge in [0.1, 0.15) is 11.3 Å². The Morgan fingerprint density at radius 2 is 1.95 bits per heavy atom. The van der Waals surface area contributed by atoms with Crippen LogP contribution in [0.1, 0.15) is 37.0 Å². The number of amides is 2. The fourth-order valence-corrected chi connectivity index (χ4v) is 2.15. The maximum atomic E-state index is 11.9. The molecule has 20 heavy (non-hydrogen) atoms. The molecule has 1 saturated carbocycles. The minimum absolute atomic E-state index is 0.200. The number of carbonyl (C=O) groups is 2. The lowest BCUT2D eigenvalue weighted by molar-refractivity contribution is 0.0694. The first-order valence-corrected chi connectivity index (χ1v) is 6.45. The lowest BCUT2D eigenvalue weighted by Crippen LogP contribution is -2.47. The van der Waals surface area contributed by atoms with Crippen molar-refractivity contribution in [2.45, 2.75) is 32.2 Å². The van der Waals surface area contributed by atoms with Gasteiger partial charge in [0.25, 0.3) is 0 Å². The molecule has 4 N–H and O–H groups in total. The summed E-state index contributed by atoms with van der Waals surface area (Å²) in [5, 5.41) is 23.8. The van der Waals surface area contributed by atoms with E-state index in [1.807, 2.05) is 13.8 Å². The molecule has 0 atom stereocenters. The van der Waals surface area contributed by atoms with Crippen molar-refractivity contribution in [2.24, 2.45) is 5.92 Å². The minimum atomic E-state index is -1.21. The lowest BCUT2D eigenvalue weighted by Gasteiger charge is -2.26. The summed E-state index contributed by atoms with van der Waals surface area (Å²) in [4.78, 5) is 22.6. The van der Waals surface area contributed by atoms with E-state index in [1.54, 1.807) is 0 Å². The number of hydrogen-bond acceptors (Lipinski definition) is 3. The van der Waals surface area contributed by atoms with Gasteiger partial charge in [0.2, 0.25) is 0 Å². The molecule has 1 fully saturated rings. The highest BCUT2D eigenvalue weighted by Gasteiger charge is 2.38. The summed E-state index contributed by atoms with van der Waals surface area (Å²) in [6.07, 6.45) is 2.22. The summed E-state index contributed by atoms with van der Waals surface area (Å²) >= 11 is 0. The van der Waals surface area contributed by atoms with E-state index in [1.165, 1.54) is 18.2 Å². The number of rotatable bonds is 4. The monoisotopic (exact) mass is 278 g/mol. The number of anilines is 1. The smallest absolute Gasteiger partial charge is 0.339 e. The van der Waals surface area contributed by atoms with Crippen LogP contribution in [0.3, 0.4) is 0 Å². The summed E-state index contributed by atoms with van der Waals surface area (Å²) in [5.41, 5.74) is -0.126. The summed E-state index contributed by atoms with van der Waals surface area (Å²) in [5.74, 6) is -1.10. The Kier molecular flexibility index (Phi) is 3.57. The van der Waals surface area contributed by atoms with Gasteiger partial charge in [0.05, 0.1) is 0 Å². The molecule has 0 unspecified atom stereocenters. The second-order valence-electron chi connectivity index (χ2n) is 5.61. The van der Waals surface area contributed by atoms with Gasteiger partial charge in [-0.1, -0.05) is 0 Å². The first-order valence-electron chi connectivity index (χ1n) is 6.45. The number of benzene rings is 1. The number of nitrogens with one attached hydrogen (secondary N) is 2. The highest BCUT2D eigenvalue weighted by Crippen LogP contribution is 2.39. The number of carbonyl (C=O) groups excluding carboxylic acids is 1. The first-order chi connectivity index (χ1) is 9.29. The fraction of sp³-hybridized carbons (Fsp3) is 0.429. The van der Waals surface area contributed by atoms with Crippen molar-refractivity contribution in [1.29, 1.82) is 0 Å². The molecular formula is C14H18N2O4. The largest absolute Gasteiger partial charge is 0.507 e. The third-order valence-corrected chi connectivity index (χ3v) is 3.52. The van der Waals surface area contributed by atoms with Crippen LogP contribution in [0.5, 0.6) is 5.75 Å². The topological polar surface area (TPSA) is 98.7 Å². The molecule has 1 aliphatic carbocycles. The molecule has 6 nitrogen and oxygen atoms in total. The predicted molar refractivity (Wildman–Crippen MR) is 74.0 cm³/mol. The third-order valence-electron chi connectivity index (χ3n) is 3.52. The Morgan fingerprint density at radius 3 is 2.45 bits per heavy atom. The molecule has 0 radical (unpaired) electrons. The van der Waals surface area contributed by atoms with E-state index in [0.29, 0.717) is 11.6 Å². The lowest BCUT2D eigenvalue weighted by atomic mass is 9.99. The molecule has 1 aromatic rings. The Labute approximate surface area is 116 Å². The van der Waals surface area contributed by atoms with E-state index < -0.39 is 5.97 Å². The summed E-state index contributed by atoms with van der Waals surface area (Å²) in [6, 6.07) is 3.53. The number of phenols is 1. The zero-order valence-electron chi connectivity index (χ0n) is 11.4. The SMILES string of the molecule is CC(C)(NC(=O)Nc1ccc(C(=O)O)c(O)c1)C1CC1. The minimum Gasteiger partial charge on any atom is -0.507 e. The summed E-state index contributed by atoms with van der Waals surface area (Å²) in [7, 11) is 0. The van der Waals surface area contributed by atoms with Crippen molar-refractivity contribution in [2.75, 3.05) is 5.32 Å². The van der Waals surface area contributed by atoms with Crippen LogP contribution in [0.2, 0.25) is 0 Å². The molecule has 0 spiro atoms. The van der Waals surface area contributed by atoms with Gasteiger partial charge in [-0.05, 0) is 44.7 Å². The number of carboxylic acids is 1. The van der Waals surface area contributed by atoms with Gasteiger partial charge in [0, 0.05) is 17.3 Å². The van der Waals surface area contributed by atoms with Crippen molar-refractivity contribution >= 4 is 17.7 Å². The van der Waals surface area contributed by atoms with Crippen LogP contribution in [0.4, 0.5) is 10.5 Å². The van der Waals surface area contributed by atoms with Gasteiger partial charge in [-0.2, -0.15) is 0 Å². The molecule has 1 aliphatic rings. The zero-order chi connectivity index (χ0) is 14.9. The molecule has 0 bridgehead atoms. The Bertz CT molecular complexity index is 550. The molecule has 0 aliphatic heterocycles. The average Bonchev–Trinajstić information content (AvgIpc) is 3.10. The van der Waals surface area contributed by atoms with Crippen LogP contribution in [-0.2, 0) is 0 Å². The normalized spacial score (nSPS) is 14.7. The van der Waals surface area contributed by atoms with Crippen molar-refractivity contribution in [3.63, 3.8) is 0 Å². The van der Waals surface area contributed by atoms with Gasteiger partial charge in [-0.15, -0.1) is 0 Å². The third kappa shape index (κ3) is 3.20. The fourth-order valence-electron chi connectivity index (χ4n) is 2.15. The standard InChI is InChI=1S/C14H18N2O4/c1-14(2,8-3-4-8)16-13(20)15-9-5-6-10(12(18)19)11(17)7-9/h5-8,17H,3-4H2,1-2H3,(H,18,19)(H2,15,16,20). The Balaban J connectivity index is 2.01. The van der Waals surface area contributed by atoms with Crippen molar-refractivity contribution < 1.29 is 19.8 Å². The number of hydrogen-bond donors (Lipinski definition) is 4. The predicted octanol–water partition coefficient (Wildman–Crippen LogP) is 2.40. The van der Waals surface area contributed by atoms with E-state index in [0.717, 1.165) is 12.8 Å². The van der Waals surface area contributed by atoms with Gasteiger partial charge in [-0.3, -0.25) is 0 Å². The highest BCUT2D eigenvalue weighted by atomic mass is 16.4. The molecule has 1 aromatic carbocycles. The summed E-state index contributed by atoms with van der Waals surface area (Å²) < 4.78 is 0. The molecule has 6 heteroatoms.